The molecule has 0 unspecified atom stereocenters. The van der Waals surface area contributed by atoms with Gasteiger partial charge in [0.05, 0.1) is 6.04 Å². The Morgan fingerprint density at radius 1 is 1.23 bits per heavy atom. The topological polar surface area (TPSA) is 35.6 Å². The summed E-state index contributed by atoms with van der Waals surface area (Å²) in [7, 11) is 0. The average molecular weight is 376 g/mol. The molecular formula is C20H26FN3OS. The van der Waals surface area contributed by atoms with Crippen LogP contribution in [0.15, 0.2) is 41.8 Å². The molecule has 0 radical (unpaired) electrons. The van der Waals surface area contributed by atoms with Gasteiger partial charge in [0, 0.05) is 42.7 Å². The first-order chi connectivity index (χ1) is 12.6. The summed E-state index contributed by atoms with van der Waals surface area (Å²) in [6, 6.07) is 10.1. The number of carbonyl (C=O) groups excluding carboxylic acids is 1. The molecule has 1 aromatic carbocycles. The van der Waals surface area contributed by atoms with E-state index in [0.717, 1.165) is 32.7 Å². The van der Waals surface area contributed by atoms with Gasteiger partial charge in [0.25, 0.3) is 5.91 Å². The maximum absolute atomic E-state index is 13.4. The summed E-state index contributed by atoms with van der Waals surface area (Å²) >= 11 is 1.72. The van der Waals surface area contributed by atoms with Crippen molar-refractivity contribution in [1.82, 2.24) is 15.1 Å². The van der Waals surface area contributed by atoms with Gasteiger partial charge in [-0.05, 0) is 43.1 Å². The quantitative estimate of drug-likeness (QED) is 0.841. The third-order valence-electron chi connectivity index (χ3n) is 5.00. The highest BCUT2D eigenvalue weighted by molar-refractivity contribution is 7.10. The summed E-state index contributed by atoms with van der Waals surface area (Å²) in [6.45, 7) is 9.35. The third kappa shape index (κ3) is 4.50. The lowest BCUT2D eigenvalue weighted by Gasteiger charge is -2.41. The minimum atomic E-state index is -0.393. The van der Waals surface area contributed by atoms with E-state index in [1.54, 1.807) is 23.5 Å². The fraction of sp³-hybridized carbons (Fsp3) is 0.450. The number of halogens is 1. The highest BCUT2D eigenvalue weighted by Gasteiger charge is 2.30. The summed E-state index contributed by atoms with van der Waals surface area (Å²) < 4.78 is 13.4. The van der Waals surface area contributed by atoms with Gasteiger partial charge in [-0.15, -0.1) is 11.3 Å². The monoisotopic (exact) mass is 375 g/mol. The van der Waals surface area contributed by atoms with Crippen LogP contribution in [0.25, 0.3) is 0 Å². The maximum atomic E-state index is 13.4. The molecule has 1 aliphatic rings. The van der Waals surface area contributed by atoms with E-state index in [-0.39, 0.29) is 18.0 Å². The molecule has 0 saturated carbocycles. The molecule has 6 heteroatoms. The zero-order valence-corrected chi connectivity index (χ0v) is 16.1. The predicted molar refractivity (Wildman–Crippen MR) is 104 cm³/mol. The highest BCUT2D eigenvalue weighted by atomic mass is 32.1. The van der Waals surface area contributed by atoms with Crippen LogP contribution in [0.4, 0.5) is 4.39 Å². The Labute approximate surface area is 158 Å². The van der Waals surface area contributed by atoms with Crippen molar-refractivity contribution in [2.75, 3.05) is 32.7 Å². The number of hydrogen-bond donors (Lipinski definition) is 1. The fourth-order valence-electron chi connectivity index (χ4n) is 3.56. The Hall–Kier alpha value is -1.76. The van der Waals surface area contributed by atoms with Gasteiger partial charge in [0.1, 0.15) is 5.82 Å². The summed E-state index contributed by atoms with van der Waals surface area (Å²) in [5.74, 6) is -0.624. The van der Waals surface area contributed by atoms with Crippen molar-refractivity contribution in [2.24, 2.45) is 0 Å². The van der Waals surface area contributed by atoms with Crippen LogP contribution in [0, 0.1) is 5.82 Å². The standard InChI is InChI=1S/C20H26FN3OS/c1-3-23-9-11-24(12-10-23)19(18-8-5-13-26-18)15(2)22-20(25)16-6-4-7-17(21)14-16/h4-8,13-15,19H,3,9-12H2,1-2H3,(H,22,25)/t15-,19+/m0/s1. The van der Waals surface area contributed by atoms with Crippen molar-refractivity contribution in [3.05, 3.63) is 58.0 Å². The van der Waals surface area contributed by atoms with Gasteiger partial charge in [-0.3, -0.25) is 9.69 Å². The number of likely N-dealkylation sites (N-methyl/N-ethyl adjacent to an activating group) is 1. The van der Waals surface area contributed by atoms with Crippen molar-refractivity contribution < 1.29 is 9.18 Å². The number of amides is 1. The van der Waals surface area contributed by atoms with E-state index in [1.165, 1.54) is 17.0 Å². The molecule has 4 nitrogen and oxygen atoms in total. The second-order valence-corrected chi connectivity index (χ2v) is 7.68. The van der Waals surface area contributed by atoms with E-state index in [4.69, 9.17) is 0 Å². The zero-order chi connectivity index (χ0) is 18.5. The molecular weight excluding hydrogens is 349 g/mol. The lowest BCUT2D eigenvalue weighted by atomic mass is 10.0. The second kappa shape index (κ2) is 8.75. The minimum Gasteiger partial charge on any atom is -0.348 e. The molecule has 2 aromatic rings. The van der Waals surface area contributed by atoms with Crippen LogP contribution in [0.1, 0.15) is 35.1 Å². The molecule has 1 saturated heterocycles. The summed E-state index contributed by atoms with van der Waals surface area (Å²) in [6.07, 6.45) is 0. The number of nitrogens with one attached hydrogen (secondary N) is 1. The van der Waals surface area contributed by atoms with E-state index in [2.05, 4.69) is 39.6 Å². The molecule has 0 bridgehead atoms. The smallest absolute Gasteiger partial charge is 0.251 e. The number of rotatable bonds is 6. The highest BCUT2D eigenvalue weighted by Crippen LogP contribution is 2.29. The first-order valence-corrected chi connectivity index (χ1v) is 10.0. The van der Waals surface area contributed by atoms with E-state index < -0.39 is 5.82 Å². The predicted octanol–water partition coefficient (Wildman–Crippen LogP) is 3.38. The molecule has 1 aliphatic heterocycles. The third-order valence-corrected chi connectivity index (χ3v) is 5.94. The molecule has 1 aromatic heterocycles. The maximum Gasteiger partial charge on any atom is 0.251 e. The molecule has 1 fully saturated rings. The lowest BCUT2D eigenvalue weighted by Crippen LogP contribution is -2.52. The minimum absolute atomic E-state index is 0.0717. The molecule has 1 amide bonds. The van der Waals surface area contributed by atoms with Gasteiger partial charge < -0.3 is 10.2 Å². The molecule has 1 N–H and O–H groups in total. The molecule has 2 heterocycles. The van der Waals surface area contributed by atoms with Gasteiger partial charge in [-0.25, -0.2) is 4.39 Å². The summed E-state index contributed by atoms with van der Waals surface area (Å²) in [4.78, 5) is 18.7. The Balaban J connectivity index is 1.73. The lowest BCUT2D eigenvalue weighted by molar-refractivity contribution is 0.0753. The van der Waals surface area contributed by atoms with Gasteiger partial charge in [0.2, 0.25) is 0 Å². The van der Waals surface area contributed by atoms with Crippen molar-refractivity contribution in [1.29, 1.82) is 0 Å². The molecule has 0 aliphatic carbocycles. The molecule has 140 valence electrons. The van der Waals surface area contributed by atoms with Crippen molar-refractivity contribution >= 4 is 17.2 Å². The number of thiophene rings is 1. The fourth-order valence-corrected chi connectivity index (χ4v) is 4.52. The van der Waals surface area contributed by atoms with Crippen molar-refractivity contribution in [3.8, 4) is 0 Å². The van der Waals surface area contributed by atoms with Crippen LogP contribution in [0.3, 0.4) is 0 Å². The molecule has 2 atom stereocenters. The van der Waals surface area contributed by atoms with Gasteiger partial charge >= 0.3 is 0 Å². The van der Waals surface area contributed by atoms with Gasteiger partial charge in [-0.2, -0.15) is 0 Å². The number of carbonyl (C=O) groups is 1. The number of piperazine rings is 1. The normalized spacial score (nSPS) is 18.4. The molecule has 26 heavy (non-hydrogen) atoms. The first kappa shape index (κ1) is 19.0. The van der Waals surface area contributed by atoms with Crippen molar-refractivity contribution in [3.63, 3.8) is 0 Å². The number of nitrogens with zero attached hydrogens (tertiary/aromatic N) is 2. The number of hydrogen-bond acceptors (Lipinski definition) is 4. The van der Waals surface area contributed by atoms with Crippen LogP contribution in [0.5, 0.6) is 0 Å². The summed E-state index contributed by atoms with van der Waals surface area (Å²) in [5.41, 5.74) is 0.359. The van der Waals surface area contributed by atoms with Crippen LogP contribution in [-0.2, 0) is 0 Å². The van der Waals surface area contributed by atoms with Gasteiger partial charge in [-0.1, -0.05) is 19.1 Å². The Bertz CT molecular complexity index is 714. The molecule has 3 rings (SSSR count). The number of benzene rings is 1. The van der Waals surface area contributed by atoms with Gasteiger partial charge in [0.15, 0.2) is 0 Å². The Kier molecular flexibility index (Phi) is 6.40. The average Bonchev–Trinajstić information content (AvgIpc) is 3.16. The van der Waals surface area contributed by atoms with Crippen LogP contribution < -0.4 is 5.32 Å². The van der Waals surface area contributed by atoms with E-state index in [1.807, 2.05) is 6.92 Å². The van der Waals surface area contributed by atoms with Crippen LogP contribution in [-0.4, -0.2) is 54.5 Å². The van der Waals surface area contributed by atoms with E-state index >= 15 is 0 Å². The van der Waals surface area contributed by atoms with Crippen molar-refractivity contribution in [2.45, 2.75) is 25.9 Å². The second-order valence-electron chi connectivity index (χ2n) is 6.70. The van der Waals surface area contributed by atoms with E-state index in [0.29, 0.717) is 5.56 Å². The van der Waals surface area contributed by atoms with Crippen LogP contribution in [0.2, 0.25) is 0 Å². The zero-order valence-electron chi connectivity index (χ0n) is 15.3. The largest absolute Gasteiger partial charge is 0.348 e. The Morgan fingerprint density at radius 2 is 2.00 bits per heavy atom. The first-order valence-electron chi connectivity index (χ1n) is 9.14. The molecule has 0 spiro atoms. The SMILES string of the molecule is CCN1CCN([C@@H](c2cccs2)[C@H](C)NC(=O)c2cccc(F)c2)CC1. The van der Waals surface area contributed by atoms with Crippen LogP contribution >= 0.6 is 11.3 Å². The van der Waals surface area contributed by atoms with E-state index in [9.17, 15) is 9.18 Å². The summed E-state index contributed by atoms with van der Waals surface area (Å²) in [5, 5.41) is 5.16. The Morgan fingerprint density at radius 3 is 2.62 bits per heavy atom.